The van der Waals surface area contributed by atoms with Gasteiger partial charge in [-0.15, -0.1) is 0 Å². The van der Waals surface area contributed by atoms with Crippen LogP contribution in [0.5, 0.6) is 11.5 Å². The van der Waals surface area contributed by atoms with Gasteiger partial charge in [0.05, 0.1) is 12.3 Å². The summed E-state index contributed by atoms with van der Waals surface area (Å²) in [6, 6.07) is 9.59. The number of ketones is 1. The molecule has 0 aliphatic rings. The molecule has 0 radical (unpaired) electrons. The molecule has 0 amide bonds. The molecule has 5 aromatic rings. The van der Waals surface area contributed by atoms with Gasteiger partial charge in [-0.05, 0) is 62.7 Å². The van der Waals surface area contributed by atoms with E-state index in [9.17, 15) is 23.9 Å². The summed E-state index contributed by atoms with van der Waals surface area (Å²) >= 11 is 0. The van der Waals surface area contributed by atoms with Crippen LogP contribution in [-0.2, 0) is 6.42 Å². The zero-order valence-corrected chi connectivity index (χ0v) is 23.5. The molecule has 0 saturated carbocycles. The standard InChI is InChI=1S/C30H28F2N6O5/c1-16(2)37-14-21(29(41)38(30(37)42)20-7-5-19(31)6-8-20)23(40)13-18-4-9-24(22(32)12-18)43-25-10-11-33-27-26(25)28(36-35-27)34-17(3)15-39/h4-12,14,16-17,39H,13,15H2,1-3H3,(H2,33,34,35,36)/t17-/m1/s1. The quantitative estimate of drug-likeness (QED) is 0.206. The zero-order chi connectivity index (χ0) is 30.8. The number of benzene rings is 2. The fourth-order valence-corrected chi connectivity index (χ4v) is 4.48. The third kappa shape index (κ3) is 5.93. The van der Waals surface area contributed by atoms with Gasteiger partial charge in [0.2, 0.25) is 0 Å². The maximum Gasteiger partial charge on any atom is 0.335 e. The maximum atomic E-state index is 15.2. The van der Waals surface area contributed by atoms with E-state index in [1.165, 1.54) is 41.2 Å². The van der Waals surface area contributed by atoms with Crippen LogP contribution >= 0.6 is 0 Å². The molecule has 0 aliphatic carbocycles. The summed E-state index contributed by atoms with van der Waals surface area (Å²) in [5.74, 6) is -1.44. The van der Waals surface area contributed by atoms with Gasteiger partial charge in [0.1, 0.15) is 22.5 Å². The lowest BCUT2D eigenvalue weighted by Crippen LogP contribution is -2.42. The Morgan fingerprint density at radius 1 is 1.07 bits per heavy atom. The van der Waals surface area contributed by atoms with Gasteiger partial charge in [0, 0.05) is 37.0 Å². The summed E-state index contributed by atoms with van der Waals surface area (Å²) in [5.41, 5.74) is -1.04. The Kier molecular flexibility index (Phi) is 8.17. The van der Waals surface area contributed by atoms with Crippen LogP contribution in [0, 0.1) is 11.6 Å². The molecule has 0 bridgehead atoms. The van der Waals surface area contributed by atoms with E-state index in [0.717, 1.165) is 22.8 Å². The number of aromatic nitrogens is 5. The number of aliphatic hydroxyl groups excluding tert-OH is 1. The van der Waals surface area contributed by atoms with Crippen molar-refractivity contribution in [2.24, 2.45) is 0 Å². The van der Waals surface area contributed by atoms with Crippen LogP contribution in [-0.4, -0.2) is 47.9 Å². The number of aliphatic hydroxyl groups is 1. The fraction of sp³-hybridized carbons (Fsp3) is 0.233. The molecular weight excluding hydrogens is 562 g/mol. The van der Waals surface area contributed by atoms with Crippen molar-refractivity contribution in [3.63, 3.8) is 0 Å². The number of Topliss-reactive ketones (excluding diaryl/α,β-unsaturated/α-hetero) is 1. The van der Waals surface area contributed by atoms with Crippen molar-refractivity contribution in [1.82, 2.24) is 24.3 Å². The molecule has 0 unspecified atom stereocenters. The van der Waals surface area contributed by atoms with Gasteiger partial charge in [0.25, 0.3) is 5.56 Å². The van der Waals surface area contributed by atoms with Gasteiger partial charge < -0.3 is 15.2 Å². The zero-order valence-electron chi connectivity index (χ0n) is 23.5. The second kappa shape index (κ2) is 12.0. The highest BCUT2D eigenvalue weighted by Gasteiger charge is 2.21. The van der Waals surface area contributed by atoms with Crippen molar-refractivity contribution < 1.29 is 23.4 Å². The van der Waals surface area contributed by atoms with Crippen LogP contribution in [0.3, 0.4) is 0 Å². The SMILES string of the molecule is CC(C)n1cc(C(=O)Cc2ccc(Oc3ccnc4[nH]nc(N[C@H](C)CO)c34)c(F)c2)c(=O)n(-c2ccc(F)cc2)c1=O. The average molecular weight is 591 g/mol. The lowest BCUT2D eigenvalue weighted by atomic mass is 10.0. The van der Waals surface area contributed by atoms with E-state index >= 15 is 4.39 Å². The molecule has 43 heavy (non-hydrogen) atoms. The molecule has 2 aromatic carbocycles. The smallest absolute Gasteiger partial charge is 0.335 e. The van der Waals surface area contributed by atoms with E-state index in [-0.39, 0.29) is 47.4 Å². The Balaban J connectivity index is 1.44. The Labute approximate surface area is 243 Å². The molecule has 1 atom stereocenters. The Morgan fingerprint density at radius 3 is 2.49 bits per heavy atom. The predicted molar refractivity (Wildman–Crippen MR) is 155 cm³/mol. The lowest BCUT2D eigenvalue weighted by Gasteiger charge is -2.15. The van der Waals surface area contributed by atoms with Crippen molar-refractivity contribution in [2.75, 3.05) is 11.9 Å². The van der Waals surface area contributed by atoms with Gasteiger partial charge in [-0.3, -0.25) is 19.3 Å². The molecule has 3 heterocycles. The van der Waals surface area contributed by atoms with Gasteiger partial charge in [-0.2, -0.15) is 5.10 Å². The number of carbonyl (C=O) groups excluding carboxylic acids is 1. The van der Waals surface area contributed by atoms with Gasteiger partial charge >= 0.3 is 5.69 Å². The first-order valence-corrected chi connectivity index (χ1v) is 13.4. The van der Waals surface area contributed by atoms with Crippen molar-refractivity contribution >= 4 is 22.6 Å². The Hall–Kier alpha value is -5.17. The highest BCUT2D eigenvalue weighted by atomic mass is 19.1. The summed E-state index contributed by atoms with van der Waals surface area (Å²) < 4.78 is 36.6. The molecule has 5 rings (SSSR count). The molecule has 0 fully saturated rings. The topological polar surface area (TPSA) is 144 Å². The number of fused-ring (bicyclic) bond motifs is 1. The summed E-state index contributed by atoms with van der Waals surface area (Å²) in [5, 5.41) is 19.8. The van der Waals surface area contributed by atoms with Crippen LogP contribution < -0.4 is 21.3 Å². The number of nitrogens with one attached hydrogen (secondary N) is 2. The number of pyridine rings is 1. The highest BCUT2D eigenvalue weighted by Crippen LogP contribution is 2.34. The highest BCUT2D eigenvalue weighted by molar-refractivity contribution is 5.97. The van der Waals surface area contributed by atoms with Crippen molar-refractivity contribution in [3.05, 3.63) is 105 Å². The molecule has 11 nitrogen and oxygen atoms in total. The number of aromatic amines is 1. The van der Waals surface area contributed by atoms with Crippen LogP contribution in [0.25, 0.3) is 16.7 Å². The second-order valence-corrected chi connectivity index (χ2v) is 10.2. The number of H-pyrrole nitrogens is 1. The summed E-state index contributed by atoms with van der Waals surface area (Å²) in [4.78, 5) is 43.9. The number of hydrogen-bond donors (Lipinski definition) is 3. The Morgan fingerprint density at radius 2 is 1.81 bits per heavy atom. The first kappa shape index (κ1) is 29.3. The summed E-state index contributed by atoms with van der Waals surface area (Å²) in [6.07, 6.45) is 2.34. The maximum absolute atomic E-state index is 15.2. The van der Waals surface area contributed by atoms with Crippen LogP contribution in [0.1, 0.15) is 42.7 Å². The van der Waals surface area contributed by atoms with Crippen molar-refractivity contribution in [1.29, 1.82) is 0 Å². The van der Waals surface area contributed by atoms with E-state index in [2.05, 4.69) is 20.5 Å². The largest absolute Gasteiger partial charge is 0.453 e. The normalized spacial score (nSPS) is 12.1. The molecule has 3 N–H and O–H groups in total. The van der Waals surface area contributed by atoms with E-state index in [1.807, 2.05) is 0 Å². The Bertz CT molecular complexity index is 1930. The second-order valence-electron chi connectivity index (χ2n) is 10.2. The molecule has 0 aliphatic heterocycles. The van der Waals surface area contributed by atoms with Gasteiger partial charge in [0.15, 0.2) is 28.8 Å². The first-order valence-electron chi connectivity index (χ1n) is 13.4. The molecule has 13 heteroatoms. The number of halogens is 2. The number of carbonyl (C=O) groups is 1. The fourth-order valence-electron chi connectivity index (χ4n) is 4.48. The van der Waals surface area contributed by atoms with E-state index in [4.69, 9.17) is 4.74 Å². The third-order valence-electron chi connectivity index (χ3n) is 6.72. The summed E-state index contributed by atoms with van der Waals surface area (Å²) in [6.45, 7) is 5.05. The molecule has 0 saturated heterocycles. The predicted octanol–water partition coefficient (Wildman–Crippen LogP) is 4.14. The minimum atomic E-state index is -0.860. The summed E-state index contributed by atoms with van der Waals surface area (Å²) in [7, 11) is 0. The van der Waals surface area contributed by atoms with Crippen LogP contribution in [0.4, 0.5) is 14.6 Å². The third-order valence-corrected chi connectivity index (χ3v) is 6.72. The molecule has 0 spiro atoms. The lowest BCUT2D eigenvalue weighted by molar-refractivity contribution is 0.0990. The molecule has 3 aromatic heterocycles. The molecular formula is C30H28F2N6O5. The van der Waals surface area contributed by atoms with Crippen molar-refractivity contribution in [3.8, 4) is 17.2 Å². The van der Waals surface area contributed by atoms with Gasteiger partial charge in [-0.25, -0.2) is 23.1 Å². The van der Waals surface area contributed by atoms with E-state index in [0.29, 0.717) is 16.9 Å². The monoisotopic (exact) mass is 590 g/mol. The van der Waals surface area contributed by atoms with Crippen LogP contribution in [0.15, 0.2) is 70.5 Å². The average Bonchev–Trinajstić information content (AvgIpc) is 3.38. The minimum absolute atomic E-state index is 0.111. The minimum Gasteiger partial charge on any atom is -0.453 e. The molecule has 222 valence electrons. The number of anilines is 1. The van der Waals surface area contributed by atoms with Crippen LogP contribution in [0.2, 0.25) is 0 Å². The first-order chi connectivity index (χ1) is 20.6. The van der Waals surface area contributed by atoms with E-state index in [1.54, 1.807) is 26.8 Å². The van der Waals surface area contributed by atoms with E-state index < -0.39 is 34.7 Å². The van der Waals surface area contributed by atoms with Gasteiger partial charge in [-0.1, -0.05) is 6.07 Å². The van der Waals surface area contributed by atoms with Crippen molar-refractivity contribution in [2.45, 2.75) is 39.3 Å². The number of rotatable bonds is 10. The number of ether oxygens (including phenoxy) is 1. The number of nitrogens with zero attached hydrogens (tertiary/aromatic N) is 4. The number of hydrogen-bond acceptors (Lipinski definition) is 8.